The number of benzene rings is 1. The van der Waals surface area contributed by atoms with Gasteiger partial charge in [-0.05, 0) is 38.6 Å². The highest BCUT2D eigenvalue weighted by Crippen LogP contribution is 2.17. The maximum absolute atomic E-state index is 13.5. The molecule has 2 aliphatic rings. The molecule has 6 heteroatoms. The molecule has 2 fully saturated rings. The molecule has 0 N–H and O–H groups in total. The molecule has 3 rings (SSSR count). The molecular weight excluding hydrogens is 321 g/mol. The molecule has 0 spiro atoms. The zero-order valence-electron chi connectivity index (χ0n) is 15.0. The molecule has 0 aliphatic carbocycles. The van der Waals surface area contributed by atoms with Gasteiger partial charge < -0.3 is 14.5 Å². The van der Waals surface area contributed by atoms with Crippen molar-refractivity contribution >= 4 is 5.91 Å². The quantitative estimate of drug-likeness (QED) is 0.813. The minimum absolute atomic E-state index is 0.0716. The third kappa shape index (κ3) is 4.92. The first-order valence-electron chi connectivity index (χ1n) is 9.21. The Morgan fingerprint density at radius 1 is 1.16 bits per heavy atom. The second-order valence-electron chi connectivity index (χ2n) is 7.03. The van der Waals surface area contributed by atoms with Crippen LogP contribution in [0.5, 0.6) is 5.75 Å². The number of para-hydroxylation sites is 1. The molecule has 5 nitrogen and oxygen atoms in total. The van der Waals surface area contributed by atoms with Crippen LogP contribution in [0.3, 0.4) is 0 Å². The summed E-state index contributed by atoms with van der Waals surface area (Å²) in [5.41, 5.74) is 0. The highest BCUT2D eigenvalue weighted by molar-refractivity contribution is 5.77. The van der Waals surface area contributed by atoms with Crippen LogP contribution in [-0.4, -0.2) is 79.6 Å². The summed E-state index contributed by atoms with van der Waals surface area (Å²) < 4.78 is 18.9. The van der Waals surface area contributed by atoms with Gasteiger partial charge in [-0.1, -0.05) is 18.6 Å². The summed E-state index contributed by atoms with van der Waals surface area (Å²) in [5.74, 6) is -0.371. The summed E-state index contributed by atoms with van der Waals surface area (Å²) in [7, 11) is 2.21. The Morgan fingerprint density at radius 2 is 1.92 bits per heavy atom. The van der Waals surface area contributed by atoms with Crippen LogP contribution in [0.1, 0.15) is 19.3 Å². The fourth-order valence-electron chi connectivity index (χ4n) is 3.65. The number of rotatable bonds is 5. The molecule has 1 atom stereocenters. The van der Waals surface area contributed by atoms with Crippen LogP contribution in [0.2, 0.25) is 0 Å². The smallest absolute Gasteiger partial charge is 0.260 e. The number of hydrogen-bond donors (Lipinski definition) is 0. The molecule has 25 heavy (non-hydrogen) atoms. The minimum Gasteiger partial charge on any atom is -0.481 e. The number of piperidine rings is 1. The second kappa shape index (κ2) is 8.63. The third-order valence-electron chi connectivity index (χ3n) is 5.30. The molecule has 0 aromatic heterocycles. The number of amides is 1. The monoisotopic (exact) mass is 349 g/mol. The van der Waals surface area contributed by atoms with E-state index in [9.17, 15) is 9.18 Å². The SMILES string of the molecule is CN1CCCCC1CN1CCN(C(=O)COc2ccccc2F)CC1. The summed E-state index contributed by atoms with van der Waals surface area (Å²) in [6, 6.07) is 6.82. The average Bonchev–Trinajstić information content (AvgIpc) is 2.63. The average molecular weight is 349 g/mol. The van der Waals surface area contributed by atoms with Gasteiger partial charge in [0, 0.05) is 38.8 Å². The maximum Gasteiger partial charge on any atom is 0.260 e. The highest BCUT2D eigenvalue weighted by atomic mass is 19.1. The Bertz CT molecular complexity index is 576. The largest absolute Gasteiger partial charge is 0.481 e. The lowest BCUT2D eigenvalue weighted by molar-refractivity contribution is -0.135. The molecule has 1 unspecified atom stereocenters. The van der Waals surface area contributed by atoms with Crippen molar-refractivity contribution < 1.29 is 13.9 Å². The zero-order valence-corrected chi connectivity index (χ0v) is 15.0. The number of carbonyl (C=O) groups excluding carboxylic acids is 1. The Balaban J connectivity index is 1.41. The number of hydrogen-bond acceptors (Lipinski definition) is 4. The van der Waals surface area contributed by atoms with Crippen LogP contribution in [0.25, 0.3) is 0 Å². The molecule has 2 saturated heterocycles. The molecule has 1 aromatic carbocycles. The summed E-state index contributed by atoms with van der Waals surface area (Å²) in [4.78, 5) is 19.0. The fraction of sp³-hybridized carbons (Fsp3) is 0.632. The lowest BCUT2D eigenvalue weighted by Crippen LogP contribution is -2.53. The number of likely N-dealkylation sites (N-methyl/N-ethyl adjacent to an activating group) is 1. The van der Waals surface area contributed by atoms with Crippen LogP contribution < -0.4 is 4.74 Å². The van der Waals surface area contributed by atoms with E-state index in [1.165, 1.54) is 31.9 Å². The van der Waals surface area contributed by atoms with Crippen LogP contribution in [-0.2, 0) is 4.79 Å². The first-order valence-corrected chi connectivity index (χ1v) is 9.21. The summed E-state index contributed by atoms with van der Waals surface area (Å²) >= 11 is 0. The van der Waals surface area contributed by atoms with E-state index in [-0.39, 0.29) is 18.3 Å². The first-order chi connectivity index (χ1) is 12.1. The van der Waals surface area contributed by atoms with E-state index >= 15 is 0 Å². The molecule has 1 aromatic rings. The van der Waals surface area contributed by atoms with Crippen molar-refractivity contribution in [3.8, 4) is 5.75 Å². The lowest BCUT2D eigenvalue weighted by atomic mass is 10.0. The number of nitrogens with zero attached hydrogens (tertiary/aromatic N) is 3. The van der Waals surface area contributed by atoms with Crippen LogP contribution in [0.15, 0.2) is 24.3 Å². The van der Waals surface area contributed by atoms with E-state index < -0.39 is 5.82 Å². The Labute approximate surface area is 149 Å². The predicted octanol–water partition coefficient (Wildman–Crippen LogP) is 1.83. The fourth-order valence-corrected chi connectivity index (χ4v) is 3.65. The Kier molecular flexibility index (Phi) is 6.26. The Morgan fingerprint density at radius 3 is 2.64 bits per heavy atom. The molecule has 0 bridgehead atoms. The van der Waals surface area contributed by atoms with Crippen LogP contribution in [0.4, 0.5) is 4.39 Å². The molecule has 0 saturated carbocycles. The molecule has 2 aliphatic heterocycles. The summed E-state index contributed by atoms with van der Waals surface area (Å²) in [6.45, 7) is 5.41. The van der Waals surface area contributed by atoms with Gasteiger partial charge in [0.1, 0.15) is 0 Å². The van der Waals surface area contributed by atoms with Crippen molar-refractivity contribution in [3.63, 3.8) is 0 Å². The molecule has 0 radical (unpaired) electrons. The van der Waals surface area contributed by atoms with Gasteiger partial charge in [0.15, 0.2) is 18.2 Å². The molecule has 2 heterocycles. The highest BCUT2D eigenvalue weighted by Gasteiger charge is 2.26. The van der Waals surface area contributed by atoms with Gasteiger partial charge in [-0.15, -0.1) is 0 Å². The lowest BCUT2D eigenvalue weighted by Gasteiger charge is -2.40. The number of halogens is 1. The number of carbonyl (C=O) groups is 1. The van der Waals surface area contributed by atoms with Gasteiger partial charge in [-0.25, -0.2) is 4.39 Å². The van der Waals surface area contributed by atoms with E-state index in [1.807, 2.05) is 4.90 Å². The molecular formula is C19H28FN3O2. The van der Waals surface area contributed by atoms with Crippen molar-refractivity contribution in [2.75, 3.05) is 52.9 Å². The minimum atomic E-state index is -0.434. The molecule has 1 amide bonds. The van der Waals surface area contributed by atoms with Crippen molar-refractivity contribution in [1.29, 1.82) is 0 Å². The third-order valence-corrected chi connectivity index (χ3v) is 5.30. The second-order valence-corrected chi connectivity index (χ2v) is 7.03. The van der Waals surface area contributed by atoms with E-state index in [1.54, 1.807) is 18.2 Å². The molecule has 138 valence electrons. The van der Waals surface area contributed by atoms with Crippen molar-refractivity contribution in [2.45, 2.75) is 25.3 Å². The van der Waals surface area contributed by atoms with Gasteiger partial charge >= 0.3 is 0 Å². The normalized spacial score (nSPS) is 22.8. The van der Waals surface area contributed by atoms with Gasteiger partial charge in [0.25, 0.3) is 5.91 Å². The van der Waals surface area contributed by atoms with E-state index in [0.717, 1.165) is 32.7 Å². The summed E-state index contributed by atoms with van der Waals surface area (Å²) in [6.07, 6.45) is 3.89. The van der Waals surface area contributed by atoms with Crippen LogP contribution in [0, 0.1) is 5.82 Å². The topological polar surface area (TPSA) is 36.0 Å². The first kappa shape index (κ1) is 18.1. The van der Waals surface area contributed by atoms with Gasteiger partial charge in [-0.2, -0.15) is 0 Å². The van der Waals surface area contributed by atoms with Gasteiger partial charge in [-0.3, -0.25) is 9.69 Å². The number of likely N-dealkylation sites (tertiary alicyclic amines) is 1. The van der Waals surface area contributed by atoms with Gasteiger partial charge in [0.2, 0.25) is 0 Å². The van der Waals surface area contributed by atoms with Crippen LogP contribution >= 0.6 is 0 Å². The standard InChI is InChI=1S/C19H28FN3O2/c1-21-9-5-4-6-16(21)14-22-10-12-23(13-11-22)19(24)15-25-18-8-3-2-7-17(18)20/h2-3,7-8,16H,4-6,9-15H2,1H3. The van der Waals surface area contributed by atoms with E-state index in [2.05, 4.69) is 16.8 Å². The van der Waals surface area contributed by atoms with E-state index in [0.29, 0.717) is 6.04 Å². The maximum atomic E-state index is 13.5. The van der Waals surface area contributed by atoms with E-state index in [4.69, 9.17) is 4.74 Å². The van der Waals surface area contributed by atoms with Crippen molar-refractivity contribution in [3.05, 3.63) is 30.1 Å². The number of ether oxygens (including phenoxy) is 1. The van der Waals surface area contributed by atoms with Crippen molar-refractivity contribution in [1.82, 2.24) is 14.7 Å². The van der Waals surface area contributed by atoms with Gasteiger partial charge in [0.05, 0.1) is 0 Å². The summed E-state index contributed by atoms with van der Waals surface area (Å²) in [5, 5.41) is 0. The predicted molar refractivity (Wildman–Crippen MR) is 95.2 cm³/mol. The number of piperazine rings is 1. The zero-order chi connectivity index (χ0) is 17.6. The Hall–Kier alpha value is -1.66. The van der Waals surface area contributed by atoms with Crippen molar-refractivity contribution in [2.24, 2.45) is 0 Å².